The molecular weight excluding hydrogens is 174 g/mol. The molecule has 0 aliphatic heterocycles. The minimum atomic E-state index is 1.07. The SMILES string of the molecule is CNC(N(C)c1ccccc1)=[N+](C)C. The van der Waals surface area contributed by atoms with Crippen molar-refractivity contribution >= 4 is 11.6 Å². The maximum atomic E-state index is 3.17. The van der Waals surface area contributed by atoms with Crippen LogP contribution in [0.5, 0.6) is 0 Å². The van der Waals surface area contributed by atoms with Crippen molar-refractivity contribution in [3.63, 3.8) is 0 Å². The topological polar surface area (TPSA) is 18.3 Å². The summed E-state index contributed by atoms with van der Waals surface area (Å²) in [7, 11) is 8.01. The molecule has 1 rings (SSSR count). The normalized spacial score (nSPS) is 9.43. The maximum absolute atomic E-state index is 3.17. The third-order valence-corrected chi connectivity index (χ3v) is 2.11. The summed E-state index contributed by atoms with van der Waals surface area (Å²) < 4.78 is 2.05. The minimum Gasteiger partial charge on any atom is -0.280 e. The third kappa shape index (κ3) is 2.25. The number of anilines is 1. The quantitative estimate of drug-likeness (QED) is 0.406. The van der Waals surface area contributed by atoms with Crippen molar-refractivity contribution in [2.75, 3.05) is 33.1 Å². The van der Waals surface area contributed by atoms with Crippen LogP contribution in [0.25, 0.3) is 0 Å². The maximum Gasteiger partial charge on any atom is 0.352 e. The number of hydrogen-bond acceptors (Lipinski definition) is 0. The molecule has 0 saturated carbocycles. The molecule has 0 radical (unpaired) electrons. The average Bonchev–Trinajstić information content (AvgIpc) is 2.19. The standard InChI is InChI=1S/C11H17N3/c1-12-11(13(2)3)14(4)10-8-6-5-7-9-10/h5-9H,1-4H3/p+1. The number of nitrogens with one attached hydrogen (secondary N) is 1. The molecular formula is C11H18N3+. The van der Waals surface area contributed by atoms with Crippen molar-refractivity contribution in [1.29, 1.82) is 0 Å². The summed E-state index contributed by atoms with van der Waals surface area (Å²) in [6.07, 6.45) is 0. The van der Waals surface area contributed by atoms with Gasteiger partial charge in [-0.1, -0.05) is 18.2 Å². The van der Waals surface area contributed by atoms with Crippen molar-refractivity contribution in [3.05, 3.63) is 30.3 Å². The molecule has 0 bridgehead atoms. The highest BCUT2D eigenvalue weighted by molar-refractivity contribution is 5.91. The number of rotatable bonds is 1. The molecule has 76 valence electrons. The van der Waals surface area contributed by atoms with E-state index in [0.717, 1.165) is 5.96 Å². The molecule has 0 amide bonds. The fourth-order valence-corrected chi connectivity index (χ4v) is 1.47. The molecule has 14 heavy (non-hydrogen) atoms. The van der Waals surface area contributed by atoms with Gasteiger partial charge < -0.3 is 0 Å². The predicted octanol–water partition coefficient (Wildman–Crippen LogP) is 0.970. The monoisotopic (exact) mass is 192 g/mol. The summed E-state index contributed by atoms with van der Waals surface area (Å²) in [6.45, 7) is 0. The highest BCUT2D eigenvalue weighted by Crippen LogP contribution is 2.10. The first kappa shape index (κ1) is 10.6. The second kappa shape index (κ2) is 4.65. The minimum absolute atomic E-state index is 1.07. The van der Waals surface area contributed by atoms with Crippen LogP contribution in [0.15, 0.2) is 30.3 Å². The van der Waals surface area contributed by atoms with Crippen LogP contribution in [0.1, 0.15) is 0 Å². The first-order valence-electron chi connectivity index (χ1n) is 4.67. The molecule has 1 aromatic carbocycles. The van der Waals surface area contributed by atoms with Gasteiger partial charge in [0.2, 0.25) is 0 Å². The van der Waals surface area contributed by atoms with E-state index in [1.54, 1.807) is 0 Å². The van der Waals surface area contributed by atoms with Gasteiger partial charge in [-0.15, -0.1) is 0 Å². The van der Waals surface area contributed by atoms with Gasteiger partial charge in [0.25, 0.3) is 0 Å². The average molecular weight is 192 g/mol. The lowest BCUT2D eigenvalue weighted by molar-refractivity contribution is -0.467. The van der Waals surface area contributed by atoms with Crippen LogP contribution in [0.4, 0.5) is 5.69 Å². The Kier molecular flexibility index (Phi) is 3.51. The van der Waals surface area contributed by atoms with Gasteiger partial charge in [-0.2, -0.15) is 0 Å². The van der Waals surface area contributed by atoms with Gasteiger partial charge >= 0.3 is 5.96 Å². The number of nitrogens with zero attached hydrogens (tertiary/aromatic N) is 2. The molecule has 0 heterocycles. The lowest BCUT2D eigenvalue weighted by atomic mass is 10.3. The zero-order valence-electron chi connectivity index (χ0n) is 9.28. The molecule has 0 aliphatic rings. The van der Waals surface area contributed by atoms with Crippen LogP contribution in [0, 0.1) is 0 Å². The summed E-state index contributed by atoms with van der Waals surface area (Å²) in [5.74, 6) is 1.07. The molecule has 1 N–H and O–H groups in total. The summed E-state index contributed by atoms with van der Waals surface area (Å²) in [6, 6.07) is 10.3. The Balaban J connectivity index is 2.96. The summed E-state index contributed by atoms with van der Waals surface area (Å²) in [5, 5.41) is 3.17. The number of para-hydroxylation sites is 1. The van der Waals surface area contributed by atoms with Gasteiger partial charge in [-0.05, 0) is 12.1 Å². The molecule has 1 aromatic rings. The second-order valence-electron chi connectivity index (χ2n) is 3.36. The van der Waals surface area contributed by atoms with E-state index in [0.29, 0.717) is 0 Å². The fourth-order valence-electron chi connectivity index (χ4n) is 1.47. The van der Waals surface area contributed by atoms with Crippen molar-refractivity contribution in [3.8, 4) is 0 Å². The van der Waals surface area contributed by atoms with E-state index < -0.39 is 0 Å². The number of hydrogen-bond donors (Lipinski definition) is 1. The van der Waals surface area contributed by atoms with Crippen molar-refractivity contribution in [1.82, 2.24) is 5.32 Å². The Hall–Kier alpha value is -1.51. The van der Waals surface area contributed by atoms with E-state index in [9.17, 15) is 0 Å². The lowest BCUT2D eigenvalue weighted by Crippen LogP contribution is -2.42. The lowest BCUT2D eigenvalue weighted by Gasteiger charge is -2.15. The zero-order valence-corrected chi connectivity index (χ0v) is 9.28. The molecule has 0 aliphatic carbocycles. The fraction of sp³-hybridized carbons (Fsp3) is 0.364. The molecule has 0 fully saturated rings. The Labute approximate surface area is 85.7 Å². The van der Waals surface area contributed by atoms with E-state index in [2.05, 4.69) is 22.3 Å². The Bertz CT molecular complexity index is 313. The second-order valence-corrected chi connectivity index (χ2v) is 3.36. The van der Waals surface area contributed by atoms with Crippen LogP contribution in [0.3, 0.4) is 0 Å². The van der Waals surface area contributed by atoms with Gasteiger partial charge in [-0.3, -0.25) is 9.89 Å². The van der Waals surface area contributed by atoms with Gasteiger partial charge in [0.05, 0.1) is 28.2 Å². The van der Waals surface area contributed by atoms with Crippen LogP contribution in [-0.4, -0.2) is 38.7 Å². The van der Waals surface area contributed by atoms with Crippen molar-refractivity contribution < 1.29 is 4.58 Å². The van der Waals surface area contributed by atoms with E-state index in [1.807, 2.05) is 51.0 Å². The highest BCUT2D eigenvalue weighted by atomic mass is 15.3. The molecule has 0 aromatic heterocycles. The van der Waals surface area contributed by atoms with Crippen molar-refractivity contribution in [2.45, 2.75) is 0 Å². The zero-order chi connectivity index (χ0) is 10.6. The van der Waals surface area contributed by atoms with Crippen LogP contribution in [-0.2, 0) is 0 Å². The van der Waals surface area contributed by atoms with E-state index in [4.69, 9.17) is 0 Å². The number of benzene rings is 1. The smallest absolute Gasteiger partial charge is 0.280 e. The molecule has 0 atom stereocenters. The molecule has 3 heteroatoms. The van der Waals surface area contributed by atoms with E-state index in [-0.39, 0.29) is 0 Å². The summed E-state index contributed by atoms with van der Waals surface area (Å²) in [5.41, 5.74) is 1.17. The first-order chi connectivity index (χ1) is 6.66. The Morgan fingerprint density at radius 2 is 1.79 bits per heavy atom. The Morgan fingerprint density at radius 1 is 1.21 bits per heavy atom. The van der Waals surface area contributed by atoms with Gasteiger partial charge in [0.15, 0.2) is 0 Å². The van der Waals surface area contributed by atoms with Gasteiger partial charge in [0, 0.05) is 0 Å². The third-order valence-electron chi connectivity index (χ3n) is 2.11. The van der Waals surface area contributed by atoms with Crippen LogP contribution in [0.2, 0.25) is 0 Å². The van der Waals surface area contributed by atoms with Gasteiger partial charge in [0.1, 0.15) is 5.69 Å². The first-order valence-corrected chi connectivity index (χ1v) is 4.67. The predicted molar refractivity (Wildman–Crippen MR) is 61.0 cm³/mol. The Morgan fingerprint density at radius 3 is 2.21 bits per heavy atom. The highest BCUT2D eigenvalue weighted by Gasteiger charge is 2.14. The molecule has 0 spiro atoms. The van der Waals surface area contributed by atoms with Crippen molar-refractivity contribution in [2.24, 2.45) is 0 Å². The molecule has 3 nitrogen and oxygen atoms in total. The summed E-state index contributed by atoms with van der Waals surface area (Å²) in [4.78, 5) is 2.11. The van der Waals surface area contributed by atoms with Crippen LogP contribution >= 0.6 is 0 Å². The van der Waals surface area contributed by atoms with Gasteiger partial charge in [-0.25, -0.2) is 4.90 Å². The largest absolute Gasteiger partial charge is 0.352 e. The molecule has 0 unspecified atom stereocenters. The molecule has 0 saturated heterocycles. The summed E-state index contributed by atoms with van der Waals surface area (Å²) >= 11 is 0. The van der Waals surface area contributed by atoms with Crippen LogP contribution < -0.4 is 10.2 Å². The van der Waals surface area contributed by atoms with E-state index in [1.165, 1.54) is 5.69 Å². The van der Waals surface area contributed by atoms with E-state index >= 15 is 0 Å². The number of guanidine groups is 1.